The number of aromatic nitrogens is 4. The van der Waals surface area contributed by atoms with Crippen molar-refractivity contribution in [2.24, 2.45) is 5.92 Å². The molecule has 4 fully saturated rings. The van der Waals surface area contributed by atoms with Crippen molar-refractivity contribution in [3.8, 4) is 22.3 Å². The lowest BCUT2D eigenvalue weighted by molar-refractivity contribution is -0.135. The average molecular weight is 832 g/mol. The van der Waals surface area contributed by atoms with Crippen LogP contribution < -0.4 is 16.0 Å². The van der Waals surface area contributed by atoms with Crippen LogP contribution in [0.4, 0.5) is 9.59 Å². The Balaban J connectivity index is 0.836. The molecule has 4 aliphatic heterocycles. The first kappa shape index (κ1) is 39.9. The van der Waals surface area contributed by atoms with E-state index in [-0.39, 0.29) is 47.9 Å². The van der Waals surface area contributed by atoms with Gasteiger partial charge in [-0.25, -0.2) is 19.6 Å². The molecule has 0 spiro atoms. The summed E-state index contributed by atoms with van der Waals surface area (Å²) in [5.74, 6) is 2.51. The number of aromatic amines is 2. The Morgan fingerprint density at radius 1 is 0.817 bits per heavy atom. The molecule has 0 radical (unpaired) electrons. The normalized spacial score (nSPS) is 23.0. The van der Waals surface area contributed by atoms with E-state index >= 15 is 0 Å². The second kappa shape index (κ2) is 16.8. The molecule has 6 heterocycles. The van der Waals surface area contributed by atoms with Gasteiger partial charge in [-0.05, 0) is 91.0 Å². The number of likely N-dealkylation sites (tertiary alicyclic amines) is 2. The van der Waals surface area contributed by atoms with E-state index in [0.29, 0.717) is 18.2 Å². The number of H-pyrrole nitrogens is 2. The van der Waals surface area contributed by atoms with E-state index in [1.807, 2.05) is 41.5 Å². The first-order chi connectivity index (χ1) is 29.1. The maximum Gasteiger partial charge on any atom is 0.407 e. The van der Waals surface area contributed by atoms with E-state index in [4.69, 9.17) is 14.7 Å². The number of nitrogens with zero attached hydrogens (tertiary/aromatic N) is 4. The van der Waals surface area contributed by atoms with Gasteiger partial charge in [-0.3, -0.25) is 9.59 Å². The molecule has 0 saturated carbocycles. The zero-order chi connectivity index (χ0) is 41.5. The second-order valence-corrected chi connectivity index (χ2v) is 18.2. The van der Waals surface area contributed by atoms with Gasteiger partial charge in [0.2, 0.25) is 11.8 Å². The number of thioether (sulfide) groups is 1. The van der Waals surface area contributed by atoms with Crippen molar-refractivity contribution in [1.82, 2.24) is 45.7 Å². The quantitative estimate of drug-likeness (QED) is 0.0647. The van der Waals surface area contributed by atoms with E-state index < -0.39 is 12.1 Å². The highest BCUT2D eigenvalue weighted by atomic mass is 32.2. The number of carbonyl (C=O) groups excluding carboxylic acids is 4. The van der Waals surface area contributed by atoms with Crippen molar-refractivity contribution in [3.63, 3.8) is 0 Å². The second-order valence-electron chi connectivity index (χ2n) is 16.9. The minimum absolute atomic E-state index is 0.0472. The van der Waals surface area contributed by atoms with Gasteiger partial charge >= 0.3 is 12.1 Å². The van der Waals surface area contributed by atoms with Gasteiger partial charge in [0, 0.05) is 30.5 Å². The number of fused-ring (bicyclic) bond motifs is 3. The summed E-state index contributed by atoms with van der Waals surface area (Å²) in [4.78, 5) is 71.6. The van der Waals surface area contributed by atoms with Crippen molar-refractivity contribution in [1.29, 1.82) is 0 Å². The number of amides is 5. The summed E-state index contributed by atoms with van der Waals surface area (Å²) >= 11 is 1.92. The minimum Gasteiger partial charge on any atom is -0.453 e. The number of imidazole rings is 2. The zero-order valence-corrected chi connectivity index (χ0v) is 35.1. The third-order valence-electron chi connectivity index (χ3n) is 12.8. The third kappa shape index (κ3) is 7.91. The number of unbranched alkanes of at least 4 members (excludes halogenated alkanes) is 1. The van der Waals surface area contributed by atoms with Crippen LogP contribution in [0.3, 0.4) is 0 Å². The van der Waals surface area contributed by atoms with Gasteiger partial charge in [-0.15, -0.1) is 0 Å². The molecular formula is C45H53N9O5S. The Bertz CT molecular complexity index is 2410. The van der Waals surface area contributed by atoms with E-state index in [0.717, 1.165) is 113 Å². The zero-order valence-electron chi connectivity index (χ0n) is 34.3. The smallest absolute Gasteiger partial charge is 0.407 e. The molecule has 6 atom stereocenters. The molecule has 14 nitrogen and oxygen atoms in total. The maximum absolute atomic E-state index is 13.6. The SMILES string of the molecule is COC(=O)N[C@H](C(=O)N1CCCC1c1nc2ccc(-c3ccc(-c4ccc5nc([C@@H]6CCCN6C(=O)CCCC[C@@H]6SC[C@@H]7NC(=O)N[C@@H]76)[nH]c5c4)cc3)cc2[nH]1)C(C)C. The summed E-state index contributed by atoms with van der Waals surface area (Å²) in [7, 11) is 1.30. The van der Waals surface area contributed by atoms with Crippen molar-refractivity contribution < 1.29 is 23.9 Å². The van der Waals surface area contributed by atoms with Crippen LogP contribution in [0.25, 0.3) is 44.3 Å². The van der Waals surface area contributed by atoms with Crippen molar-refractivity contribution >= 4 is 57.8 Å². The third-order valence-corrected chi connectivity index (χ3v) is 14.3. The molecule has 0 aliphatic carbocycles. The molecule has 5 amide bonds. The molecule has 15 heteroatoms. The van der Waals surface area contributed by atoms with Gasteiger partial charge in [0.1, 0.15) is 17.7 Å². The van der Waals surface area contributed by atoms with Gasteiger partial charge in [-0.1, -0.05) is 56.7 Å². The summed E-state index contributed by atoms with van der Waals surface area (Å²) in [5.41, 5.74) is 7.87. The number of hydrogen-bond donors (Lipinski definition) is 5. The lowest BCUT2D eigenvalue weighted by Gasteiger charge is -2.29. The summed E-state index contributed by atoms with van der Waals surface area (Å²) in [6.07, 6.45) is 6.24. The Hall–Kier alpha value is -5.57. The molecule has 4 saturated heterocycles. The number of carbonyl (C=O) groups is 4. The van der Waals surface area contributed by atoms with Gasteiger partial charge in [-0.2, -0.15) is 11.8 Å². The lowest BCUT2D eigenvalue weighted by Crippen LogP contribution is -2.51. The predicted molar refractivity (Wildman–Crippen MR) is 232 cm³/mol. The Kier molecular flexibility index (Phi) is 11.2. The van der Waals surface area contributed by atoms with Crippen LogP contribution in [0.1, 0.15) is 88.9 Å². The van der Waals surface area contributed by atoms with Crippen molar-refractivity contribution in [2.45, 2.75) is 101 Å². The molecule has 5 N–H and O–H groups in total. The van der Waals surface area contributed by atoms with Gasteiger partial charge in [0.05, 0.1) is 53.3 Å². The fourth-order valence-corrected chi connectivity index (χ4v) is 11.1. The van der Waals surface area contributed by atoms with Crippen LogP contribution in [0.5, 0.6) is 0 Å². The van der Waals surface area contributed by atoms with E-state index in [9.17, 15) is 19.2 Å². The van der Waals surface area contributed by atoms with Crippen LogP contribution in [0.15, 0.2) is 60.7 Å². The summed E-state index contributed by atoms with van der Waals surface area (Å²) in [6.45, 7) is 5.18. The monoisotopic (exact) mass is 831 g/mol. The molecule has 9 rings (SSSR count). The number of methoxy groups -OCH3 is 1. The number of hydrogen-bond acceptors (Lipinski definition) is 8. The number of ether oxygens (including phenoxy) is 1. The fraction of sp³-hybridized carbons (Fsp3) is 0.467. The molecule has 4 aliphatic rings. The Labute approximate surface area is 353 Å². The molecule has 60 heavy (non-hydrogen) atoms. The topological polar surface area (TPSA) is 177 Å². The lowest BCUT2D eigenvalue weighted by atomic mass is 10.00. The minimum atomic E-state index is -0.685. The number of rotatable bonds is 12. The molecule has 314 valence electrons. The van der Waals surface area contributed by atoms with Crippen LogP contribution >= 0.6 is 11.8 Å². The number of alkyl carbamates (subject to hydrolysis) is 1. The number of benzene rings is 3. The van der Waals surface area contributed by atoms with Gasteiger partial charge in [0.15, 0.2) is 0 Å². The molecule has 3 aromatic carbocycles. The van der Waals surface area contributed by atoms with E-state index in [1.165, 1.54) is 7.11 Å². The van der Waals surface area contributed by atoms with E-state index in [2.05, 4.69) is 80.5 Å². The Morgan fingerprint density at radius 2 is 1.40 bits per heavy atom. The molecule has 2 aromatic heterocycles. The van der Waals surface area contributed by atoms with Gasteiger partial charge < -0.3 is 40.5 Å². The van der Waals surface area contributed by atoms with Gasteiger partial charge in [0.25, 0.3) is 0 Å². The number of nitrogens with one attached hydrogen (secondary N) is 5. The molecule has 1 unspecified atom stereocenters. The van der Waals surface area contributed by atoms with Crippen LogP contribution in [0, 0.1) is 5.92 Å². The van der Waals surface area contributed by atoms with Crippen LogP contribution in [0.2, 0.25) is 0 Å². The van der Waals surface area contributed by atoms with E-state index in [1.54, 1.807) is 0 Å². The highest BCUT2D eigenvalue weighted by molar-refractivity contribution is 8.00. The number of urea groups is 1. The summed E-state index contributed by atoms with van der Waals surface area (Å²) in [6, 6.07) is 20.4. The largest absolute Gasteiger partial charge is 0.453 e. The highest BCUT2D eigenvalue weighted by Crippen LogP contribution is 2.37. The Morgan fingerprint density at radius 3 is 2.00 bits per heavy atom. The molecule has 0 bridgehead atoms. The van der Waals surface area contributed by atoms with Crippen LogP contribution in [-0.4, -0.2) is 103 Å². The van der Waals surface area contributed by atoms with Crippen molar-refractivity contribution in [3.05, 3.63) is 72.3 Å². The standard InChI is InChI=1S/C45H53N9O5S/c1-25(2)39(52-45(58)59-3)43(56)54-21-7-9-36(54)42-47-31-19-17-29(23-33(31)49-42)27-14-12-26(13-15-27)28-16-18-30-32(22-28)48-41(46-30)35-8-6-20-53(35)38(55)11-5-4-10-37-40-34(24-60-37)50-44(57)51-40/h12-19,22-23,25,34-37,39-40H,4-11,20-21,24H2,1-3H3,(H,46,48)(H,47,49)(H,52,58)(H2,50,51,57)/t34-,35-,36?,37-,39-,40-/m0/s1. The maximum atomic E-state index is 13.6. The molecular weight excluding hydrogens is 779 g/mol. The first-order valence-corrected chi connectivity index (χ1v) is 22.4. The first-order valence-electron chi connectivity index (χ1n) is 21.4. The summed E-state index contributed by atoms with van der Waals surface area (Å²) < 4.78 is 4.78. The van der Waals surface area contributed by atoms with Crippen molar-refractivity contribution in [2.75, 3.05) is 26.0 Å². The highest BCUT2D eigenvalue weighted by Gasteiger charge is 2.43. The fourth-order valence-electron chi connectivity index (χ4n) is 9.54. The van der Waals surface area contributed by atoms with Crippen LogP contribution in [-0.2, 0) is 14.3 Å². The predicted octanol–water partition coefficient (Wildman–Crippen LogP) is 7.21. The molecule has 5 aromatic rings. The summed E-state index contributed by atoms with van der Waals surface area (Å²) in [5, 5.41) is 9.19. The average Bonchev–Trinajstić information content (AvgIpc) is 4.11.